The molecule has 0 aliphatic carbocycles. The van der Waals surface area contributed by atoms with Gasteiger partial charge in [-0.15, -0.1) is 0 Å². The quantitative estimate of drug-likeness (QED) is 0.0859. The minimum Gasteiger partial charge on any atom is -0.478 e. The highest BCUT2D eigenvalue weighted by Gasteiger charge is 2.23. The zero-order valence-electron chi connectivity index (χ0n) is 31.7. The number of aryl methyl sites for hydroxylation is 4. The third kappa shape index (κ3) is 6.85. The van der Waals surface area contributed by atoms with E-state index in [4.69, 9.17) is 9.97 Å². The van der Waals surface area contributed by atoms with E-state index in [1.165, 1.54) is 0 Å². The molecule has 6 N–H and O–H groups in total. The van der Waals surface area contributed by atoms with Gasteiger partial charge in [0.15, 0.2) is 0 Å². The molecule has 12 nitrogen and oxygen atoms in total. The Hall–Kier alpha value is -8.12. The van der Waals surface area contributed by atoms with Crippen LogP contribution in [-0.4, -0.2) is 64.2 Å². The van der Waals surface area contributed by atoms with Crippen LogP contribution in [0.5, 0.6) is 0 Å². The number of nitrogens with zero attached hydrogens (tertiary/aromatic N) is 2. The number of carboxylic acid groups (broad SMARTS) is 4. The molecule has 60 heavy (non-hydrogen) atoms. The van der Waals surface area contributed by atoms with Crippen molar-refractivity contribution in [3.05, 3.63) is 166 Å². The van der Waals surface area contributed by atoms with E-state index in [0.717, 1.165) is 89.4 Å². The van der Waals surface area contributed by atoms with Crippen molar-refractivity contribution in [2.75, 3.05) is 0 Å². The van der Waals surface area contributed by atoms with Gasteiger partial charge in [0, 0.05) is 44.3 Å². The summed E-state index contributed by atoms with van der Waals surface area (Å²) < 4.78 is 0. The third-order valence-corrected chi connectivity index (χ3v) is 11.0. The summed E-state index contributed by atoms with van der Waals surface area (Å²) in [6, 6.07) is 34.4. The summed E-state index contributed by atoms with van der Waals surface area (Å²) in [5.41, 5.74) is 12.6. The Morgan fingerprint density at radius 3 is 0.717 bits per heavy atom. The summed E-state index contributed by atoms with van der Waals surface area (Å²) in [6.45, 7) is 0. The van der Waals surface area contributed by atoms with Crippen LogP contribution in [0.2, 0.25) is 0 Å². The van der Waals surface area contributed by atoms with E-state index in [1.54, 1.807) is 97.1 Å². The fourth-order valence-electron chi connectivity index (χ4n) is 8.15. The molecule has 0 fully saturated rings. The van der Waals surface area contributed by atoms with Crippen molar-refractivity contribution in [2.24, 2.45) is 0 Å². The maximum Gasteiger partial charge on any atom is 0.335 e. The number of carbonyl (C=O) groups is 4. The van der Waals surface area contributed by atoms with Crippen LogP contribution in [0.25, 0.3) is 66.6 Å². The number of aromatic amines is 2. The summed E-state index contributed by atoms with van der Waals surface area (Å²) in [7, 11) is 0. The molecule has 0 saturated heterocycles. The molecule has 0 amide bonds. The molecule has 5 heterocycles. The number of rotatable bonds is 8. The first-order valence-corrected chi connectivity index (χ1v) is 19.1. The molecule has 3 aromatic heterocycles. The molecule has 0 unspecified atom stereocenters. The molecular formula is C48H34N4O8. The maximum absolute atomic E-state index is 11.8. The van der Waals surface area contributed by atoms with E-state index < -0.39 is 23.9 Å². The van der Waals surface area contributed by atoms with Gasteiger partial charge < -0.3 is 30.4 Å². The van der Waals surface area contributed by atoms with Crippen LogP contribution in [0.3, 0.4) is 0 Å². The molecule has 0 radical (unpaired) electrons. The second-order valence-electron chi connectivity index (χ2n) is 14.6. The van der Waals surface area contributed by atoms with Gasteiger partial charge in [0.2, 0.25) is 0 Å². The molecule has 8 bridgehead atoms. The molecule has 2 aliphatic rings. The minimum absolute atomic E-state index is 0.143. The SMILES string of the molecule is O=C(O)c1ccc(-c2c3nc(c(-c4ccc(C(=O)O)cc4)c4ccc([nH]4)c(-c4ccc(C(=O)O)cc4)c4nc(c(-c5ccc(C(=O)O)cc5)c5ccc2[nH]5)CC4)CC3)cc1. The van der Waals surface area contributed by atoms with Crippen LogP contribution < -0.4 is 0 Å². The molecule has 4 aromatic carbocycles. The van der Waals surface area contributed by atoms with Gasteiger partial charge in [-0.1, -0.05) is 48.5 Å². The van der Waals surface area contributed by atoms with Crippen molar-refractivity contribution < 1.29 is 39.6 Å². The fourth-order valence-corrected chi connectivity index (χ4v) is 8.15. The van der Waals surface area contributed by atoms with Crippen molar-refractivity contribution in [3.63, 3.8) is 0 Å². The van der Waals surface area contributed by atoms with Gasteiger partial charge in [0.1, 0.15) is 0 Å². The number of aromatic nitrogens is 4. The molecule has 2 aliphatic heterocycles. The molecule has 12 heteroatoms. The fraction of sp³-hybridized carbons (Fsp3) is 0.0833. The Morgan fingerprint density at radius 1 is 0.333 bits per heavy atom. The average Bonchev–Trinajstić information content (AvgIpc) is 4.10. The Morgan fingerprint density at radius 2 is 0.533 bits per heavy atom. The topological polar surface area (TPSA) is 207 Å². The Kier molecular flexibility index (Phi) is 9.36. The molecular weight excluding hydrogens is 761 g/mol. The lowest BCUT2D eigenvalue weighted by Gasteiger charge is -2.08. The first-order chi connectivity index (χ1) is 29.0. The minimum atomic E-state index is -1.04. The smallest absolute Gasteiger partial charge is 0.335 e. The summed E-state index contributed by atoms with van der Waals surface area (Å²) in [6.07, 6.45) is 2.15. The highest BCUT2D eigenvalue weighted by atomic mass is 16.4. The molecule has 0 saturated carbocycles. The van der Waals surface area contributed by atoms with E-state index in [1.807, 2.05) is 24.3 Å². The summed E-state index contributed by atoms with van der Waals surface area (Å²) in [5.74, 6) is -4.17. The monoisotopic (exact) mass is 794 g/mol. The van der Waals surface area contributed by atoms with E-state index in [0.29, 0.717) is 25.7 Å². The summed E-state index contributed by atoms with van der Waals surface area (Å²) in [4.78, 5) is 65.2. The predicted molar refractivity (Wildman–Crippen MR) is 225 cm³/mol. The summed E-state index contributed by atoms with van der Waals surface area (Å²) >= 11 is 0. The van der Waals surface area contributed by atoms with Crippen LogP contribution in [0, 0.1) is 0 Å². The third-order valence-electron chi connectivity index (χ3n) is 11.0. The number of fused-ring (bicyclic) bond motifs is 8. The van der Waals surface area contributed by atoms with Crippen LogP contribution in [-0.2, 0) is 25.7 Å². The van der Waals surface area contributed by atoms with Crippen LogP contribution in [0.1, 0.15) is 64.2 Å². The second kappa shape index (κ2) is 15.0. The molecule has 9 rings (SSSR count). The second-order valence-corrected chi connectivity index (χ2v) is 14.6. The highest BCUT2D eigenvalue weighted by molar-refractivity contribution is 5.95. The van der Waals surface area contributed by atoms with Gasteiger partial charge in [0.25, 0.3) is 0 Å². The van der Waals surface area contributed by atoms with Crippen molar-refractivity contribution in [2.45, 2.75) is 25.7 Å². The zero-order valence-corrected chi connectivity index (χ0v) is 31.7. The van der Waals surface area contributed by atoms with Gasteiger partial charge in [-0.3, -0.25) is 9.97 Å². The van der Waals surface area contributed by atoms with Crippen molar-refractivity contribution in [1.82, 2.24) is 19.9 Å². The first kappa shape index (κ1) is 37.5. The lowest BCUT2D eigenvalue weighted by Crippen LogP contribution is -1.96. The van der Waals surface area contributed by atoms with Gasteiger partial charge >= 0.3 is 23.9 Å². The Labute approximate surface area is 341 Å². The van der Waals surface area contributed by atoms with Crippen molar-refractivity contribution in [3.8, 4) is 44.5 Å². The van der Waals surface area contributed by atoms with Crippen LogP contribution in [0.4, 0.5) is 0 Å². The molecule has 0 spiro atoms. The van der Waals surface area contributed by atoms with Gasteiger partial charge in [0.05, 0.1) is 45.0 Å². The number of carboxylic acids is 4. The number of nitrogens with one attached hydrogen (secondary N) is 2. The number of benzene rings is 4. The summed E-state index contributed by atoms with van der Waals surface area (Å²) in [5, 5.41) is 38.8. The molecule has 7 aromatic rings. The lowest BCUT2D eigenvalue weighted by atomic mass is 9.99. The number of aromatic carboxylic acids is 4. The maximum atomic E-state index is 11.8. The van der Waals surface area contributed by atoms with Crippen LogP contribution >= 0.6 is 0 Å². The van der Waals surface area contributed by atoms with E-state index in [2.05, 4.69) is 9.97 Å². The number of H-pyrrole nitrogens is 2. The van der Waals surface area contributed by atoms with Crippen molar-refractivity contribution >= 4 is 45.9 Å². The number of hydrogen-bond acceptors (Lipinski definition) is 6. The van der Waals surface area contributed by atoms with E-state index in [-0.39, 0.29) is 22.3 Å². The largest absolute Gasteiger partial charge is 0.478 e. The number of hydrogen-bond donors (Lipinski definition) is 6. The van der Waals surface area contributed by atoms with Gasteiger partial charge in [-0.05, 0) is 121 Å². The van der Waals surface area contributed by atoms with E-state index in [9.17, 15) is 39.6 Å². The molecule has 294 valence electrons. The van der Waals surface area contributed by atoms with Crippen molar-refractivity contribution in [1.29, 1.82) is 0 Å². The standard InChI is InChI=1S/C48H34N4O8/c53-45(54)29-9-1-25(2-10-29)41-33-17-19-35(49-33)42(26-3-11-30(12-4-26)46(55)56)37-21-23-39(51-37)44(28-7-15-32(16-8-28)48(59)60)40-24-22-38(52-40)43(36-20-18-34(41)50-36)27-5-13-31(14-6-27)47(57)58/h1-17,19,22,24,49,52H,18,20-21,23H2,(H,53,54)(H,55,56)(H,57,58)(H,59,60). The predicted octanol–water partition coefficient (Wildman–Crippen LogP) is 9.35. The molecule has 0 atom stereocenters. The van der Waals surface area contributed by atoms with Gasteiger partial charge in [-0.2, -0.15) is 0 Å². The van der Waals surface area contributed by atoms with Crippen LogP contribution in [0.15, 0.2) is 121 Å². The van der Waals surface area contributed by atoms with Gasteiger partial charge in [-0.25, -0.2) is 19.2 Å². The van der Waals surface area contributed by atoms with E-state index >= 15 is 0 Å². The lowest BCUT2D eigenvalue weighted by molar-refractivity contribution is 0.0686. The highest BCUT2D eigenvalue weighted by Crippen LogP contribution is 2.38. The zero-order chi connectivity index (χ0) is 41.7. The normalized spacial score (nSPS) is 12.3. The average molecular weight is 795 g/mol. The first-order valence-electron chi connectivity index (χ1n) is 19.1. The Bertz CT molecular complexity index is 2660. The Balaban J connectivity index is 1.42.